The molecule has 0 aliphatic heterocycles. The maximum absolute atomic E-state index is 5.88. The SMILES string of the molecule is CCC(Cl)(Cl)CC(C)C. The van der Waals surface area contributed by atoms with Crippen molar-refractivity contribution in [2.45, 2.75) is 37.9 Å². The molecule has 0 nitrogen and oxygen atoms in total. The predicted octanol–water partition coefficient (Wildman–Crippen LogP) is 3.62. The molecule has 0 aliphatic rings. The molecule has 0 unspecified atom stereocenters. The lowest BCUT2D eigenvalue weighted by Crippen LogP contribution is -2.13. The van der Waals surface area contributed by atoms with E-state index in [0.29, 0.717) is 5.92 Å². The van der Waals surface area contributed by atoms with E-state index >= 15 is 0 Å². The molecule has 0 spiro atoms. The first kappa shape index (κ1) is 9.58. The van der Waals surface area contributed by atoms with Gasteiger partial charge in [0.05, 0.1) is 0 Å². The molecular weight excluding hydrogens is 155 g/mol. The molecule has 0 saturated heterocycles. The molecular formula is C7H14Cl2. The highest BCUT2D eigenvalue weighted by atomic mass is 35.5. The van der Waals surface area contributed by atoms with E-state index in [0.717, 1.165) is 12.8 Å². The van der Waals surface area contributed by atoms with Crippen molar-refractivity contribution in [2.24, 2.45) is 5.92 Å². The van der Waals surface area contributed by atoms with Gasteiger partial charge in [-0.15, -0.1) is 23.2 Å². The fraction of sp³-hybridized carbons (Fsp3) is 1.00. The fourth-order valence-electron chi connectivity index (χ4n) is 0.742. The van der Waals surface area contributed by atoms with E-state index in [4.69, 9.17) is 23.2 Å². The van der Waals surface area contributed by atoms with Crippen molar-refractivity contribution in [1.82, 2.24) is 0 Å². The topological polar surface area (TPSA) is 0 Å². The summed E-state index contributed by atoms with van der Waals surface area (Å²) in [7, 11) is 0. The molecule has 0 N–H and O–H groups in total. The average Bonchev–Trinajstić information content (AvgIpc) is 1.63. The lowest BCUT2D eigenvalue weighted by molar-refractivity contribution is 0.525. The largest absolute Gasteiger partial charge is 0.118 e. The molecule has 0 amide bonds. The minimum atomic E-state index is -0.492. The van der Waals surface area contributed by atoms with Crippen LogP contribution >= 0.6 is 23.2 Å². The Morgan fingerprint density at radius 2 is 1.78 bits per heavy atom. The summed E-state index contributed by atoms with van der Waals surface area (Å²) in [6.07, 6.45) is 1.71. The second kappa shape index (κ2) is 3.68. The molecule has 0 atom stereocenters. The maximum Gasteiger partial charge on any atom is 0.118 e. The molecule has 0 saturated carbocycles. The van der Waals surface area contributed by atoms with Crippen molar-refractivity contribution < 1.29 is 0 Å². The van der Waals surface area contributed by atoms with Crippen molar-refractivity contribution in [2.75, 3.05) is 0 Å². The summed E-state index contributed by atoms with van der Waals surface area (Å²) in [5, 5.41) is 0. The van der Waals surface area contributed by atoms with Gasteiger partial charge in [0.25, 0.3) is 0 Å². The highest BCUT2D eigenvalue weighted by molar-refractivity contribution is 6.48. The zero-order valence-corrected chi connectivity index (χ0v) is 7.76. The van der Waals surface area contributed by atoms with Crippen molar-refractivity contribution in [1.29, 1.82) is 0 Å². The van der Waals surface area contributed by atoms with Crippen molar-refractivity contribution in [3.8, 4) is 0 Å². The van der Waals surface area contributed by atoms with Crippen LogP contribution in [-0.2, 0) is 0 Å². The number of hydrogen-bond acceptors (Lipinski definition) is 0. The predicted molar refractivity (Wildman–Crippen MR) is 44.2 cm³/mol. The molecule has 9 heavy (non-hydrogen) atoms. The number of rotatable bonds is 3. The molecule has 0 aromatic heterocycles. The van der Waals surface area contributed by atoms with E-state index in [1.807, 2.05) is 6.92 Å². The van der Waals surface area contributed by atoms with Crippen LogP contribution < -0.4 is 0 Å². The molecule has 0 rings (SSSR count). The van der Waals surface area contributed by atoms with Crippen molar-refractivity contribution in [3.63, 3.8) is 0 Å². The zero-order valence-electron chi connectivity index (χ0n) is 6.25. The third-order valence-electron chi connectivity index (χ3n) is 1.22. The molecule has 0 bridgehead atoms. The summed E-state index contributed by atoms with van der Waals surface area (Å²) in [6.45, 7) is 6.24. The van der Waals surface area contributed by atoms with Gasteiger partial charge in [0.1, 0.15) is 4.33 Å². The second-order valence-electron chi connectivity index (χ2n) is 2.81. The summed E-state index contributed by atoms with van der Waals surface area (Å²) in [4.78, 5) is 0. The molecule has 0 radical (unpaired) electrons. The van der Waals surface area contributed by atoms with Gasteiger partial charge >= 0.3 is 0 Å². The summed E-state index contributed by atoms with van der Waals surface area (Å²) >= 11 is 11.8. The standard InChI is InChI=1S/C7H14Cl2/c1-4-7(8,9)5-6(2)3/h6H,4-5H2,1-3H3. The zero-order chi connectivity index (χ0) is 7.49. The quantitative estimate of drug-likeness (QED) is 0.566. The maximum atomic E-state index is 5.88. The molecule has 2 heteroatoms. The third-order valence-corrected chi connectivity index (χ3v) is 2.07. The summed E-state index contributed by atoms with van der Waals surface area (Å²) in [5.41, 5.74) is 0. The van der Waals surface area contributed by atoms with Gasteiger partial charge in [-0.25, -0.2) is 0 Å². The Bertz CT molecular complexity index is 77.0. The summed E-state index contributed by atoms with van der Waals surface area (Å²) < 4.78 is -0.492. The fourth-order valence-corrected chi connectivity index (χ4v) is 1.36. The Morgan fingerprint density at radius 1 is 1.33 bits per heavy atom. The molecule has 0 aromatic rings. The van der Waals surface area contributed by atoms with Gasteiger partial charge in [-0.05, 0) is 18.8 Å². The Hall–Kier alpha value is 0.580. The Kier molecular flexibility index (Phi) is 3.91. The average molecular weight is 169 g/mol. The van der Waals surface area contributed by atoms with E-state index < -0.39 is 4.33 Å². The Labute approximate surface area is 67.5 Å². The first-order valence-corrected chi connectivity index (χ1v) is 4.11. The highest BCUT2D eigenvalue weighted by Crippen LogP contribution is 2.31. The van der Waals surface area contributed by atoms with Crippen LogP contribution in [0.15, 0.2) is 0 Å². The summed E-state index contributed by atoms with van der Waals surface area (Å²) in [6, 6.07) is 0. The minimum absolute atomic E-state index is 0.492. The van der Waals surface area contributed by atoms with E-state index in [1.54, 1.807) is 0 Å². The van der Waals surface area contributed by atoms with E-state index in [9.17, 15) is 0 Å². The minimum Gasteiger partial charge on any atom is -0.102 e. The van der Waals surface area contributed by atoms with Crippen LogP contribution in [-0.4, -0.2) is 4.33 Å². The van der Waals surface area contributed by atoms with Gasteiger partial charge in [0.15, 0.2) is 0 Å². The molecule has 0 fully saturated rings. The van der Waals surface area contributed by atoms with Crippen LogP contribution in [0.3, 0.4) is 0 Å². The van der Waals surface area contributed by atoms with Gasteiger partial charge < -0.3 is 0 Å². The number of hydrogen-bond donors (Lipinski definition) is 0. The van der Waals surface area contributed by atoms with Crippen LogP contribution in [0.1, 0.15) is 33.6 Å². The molecule has 0 aromatic carbocycles. The van der Waals surface area contributed by atoms with Crippen molar-refractivity contribution >= 4 is 23.2 Å². The lowest BCUT2D eigenvalue weighted by Gasteiger charge is -2.18. The van der Waals surface area contributed by atoms with Gasteiger partial charge in [-0.3, -0.25) is 0 Å². The van der Waals surface area contributed by atoms with Crippen LogP contribution in [0.2, 0.25) is 0 Å². The Morgan fingerprint density at radius 3 is 1.89 bits per heavy atom. The summed E-state index contributed by atoms with van der Waals surface area (Å²) in [5.74, 6) is 0.583. The normalized spacial score (nSPS) is 12.7. The van der Waals surface area contributed by atoms with E-state index in [1.165, 1.54) is 0 Å². The van der Waals surface area contributed by atoms with Crippen molar-refractivity contribution in [3.05, 3.63) is 0 Å². The highest BCUT2D eigenvalue weighted by Gasteiger charge is 2.21. The second-order valence-corrected chi connectivity index (χ2v) is 4.45. The first-order chi connectivity index (χ1) is 3.98. The van der Waals surface area contributed by atoms with Crippen LogP contribution in [0.25, 0.3) is 0 Å². The van der Waals surface area contributed by atoms with E-state index in [-0.39, 0.29) is 0 Å². The van der Waals surface area contributed by atoms with Crippen LogP contribution in [0, 0.1) is 5.92 Å². The smallest absolute Gasteiger partial charge is 0.102 e. The Balaban J connectivity index is 3.58. The molecule has 56 valence electrons. The van der Waals surface area contributed by atoms with Gasteiger partial charge in [0, 0.05) is 0 Å². The lowest BCUT2D eigenvalue weighted by atomic mass is 10.1. The van der Waals surface area contributed by atoms with Gasteiger partial charge in [-0.1, -0.05) is 20.8 Å². The van der Waals surface area contributed by atoms with Gasteiger partial charge in [-0.2, -0.15) is 0 Å². The molecule has 0 aliphatic carbocycles. The first-order valence-electron chi connectivity index (χ1n) is 3.36. The number of alkyl halides is 2. The van der Waals surface area contributed by atoms with Crippen LogP contribution in [0.5, 0.6) is 0 Å². The van der Waals surface area contributed by atoms with E-state index in [2.05, 4.69) is 13.8 Å². The molecule has 0 heterocycles. The van der Waals surface area contributed by atoms with Crippen LogP contribution in [0.4, 0.5) is 0 Å². The van der Waals surface area contributed by atoms with Gasteiger partial charge in [0.2, 0.25) is 0 Å². The third kappa shape index (κ3) is 5.05. The number of halogens is 2. The monoisotopic (exact) mass is 168 g/mol.